The molecule has 1 aliphatic carbocycles. The van der Waals surface area contributed by atoms with Crippen molar-refractivity contribution < 1.29 is 9.59 Å². The van der Waals surface area contributed by atoms with Gasteiger partial charge in [0.25, 0.3) is 0 Å². The number of fused-ring (bicyclic) bond motifs is 1. The van der Waals surface area contributed by atoms with E-state index in [9.17, 15) is 9.59 Å². The summed E-state index contributed by atoms with van der Waals surface area (Å²) in [5.74, 6) is -0.378. The fraction of sp³-hybridized carbons (Fsp3) is 0.429. The van der Waals surface area contributed by atoms with Gasteiger partial charge in [0, 0.05) is 16.5 Å². The second-order valence-corrected chi connectivity index (χ2v) is 5.16. The van der Waals surface area contributed by atoms with Gasteiger partial charge in [-0.15, -0.1) is 0 Å². The summed E-state index contributed by atoms with van der Waals surface area (Å²) in [4.78, 5) is 24.1. The number of Topliss-reactive ketones (excluding diaryl/α,β-unsaturated/α-hetero) is 2. The standard InChI is InChI=1S/C14H15BrO2/c15-9-5-1-2-8-12-13(16)10-6-3-4-7-11(10)14(12)17/h3-4,6-7,12H,1-2,5,8-9H2. The number of halogens is 1. The highest BCUT2D eigenvalue weighted by atomic mass is 79.9. The van der Waals surface area contributed by atoms with Crippen molar-refractivity contribution in [3.63, 3.8) is 0 Å². The van der Waals surface area contributed by atoms with Crippen molar-refractivity contribution >= 4 is 27.5 Å². The van der Waals surface area contributed by atoms with E-state index in [1.165, 1.54) is 0 Å². The van der Waals surface area contributed by atoms with E-state index >= 15 is 0 Å². The molecule has 0 aliphatic heterocycles. The summed E-state index contributed by atoms with van der Waals surface area (Å²) in [6.07, 6.45) is 3.81. The highest BCUT2D eigenvalue weighted by Crippen LogP contribution is 2.29. The van der Waals surface area contributed by atoms with E-state index in [1.807, 2.05) is 12.1 Å². The van der Waals surface area contributed by atoms with E-state index in [1.54, 1.807) is 12.1 Å². The Balaban J connectivity index is 2.03. The number of carbonyl (C=O) groups is 2. The molecular weight excluding hydrogens is 280 g/mol. The van der Waals surface area contributed by atoms with E-state index in [4.69, 9.17) is 0 Å². The molecule has 1 aromatic rings. The number of benzene rings is 1. The SMILES string of the molecule is O=C1c2ccccc2C(=O)C1CCCCCBr. The molecule has 1 aliphatic rings. The summed E-state index contributed by atoms with van der Waals surface area (Å²) >= 11 is 3.38. The summed E-state index contributed by atoms with van der Waals surface area (Å²) in [6, 6.07) is 7.15. The zero-order valence-corrected chi connectivity index (χ0v) is 11.2. The minimum atomic E-state index is -0.414. The molecule has 0 fully saturated rings. The number of carbonyl (C=O) groups excluding carboxylic acids is 2. The fourth-order valence-electron chi connectivity index (χ4n) is 2.29. The van der Waals surface area contributed by atoms with Crippen molar-refractivity contribution in [2.75, 3.05) is 5.33 Å². The van der Waals surface area contributed by atoms with Gasteiger partial charge in [-0.2, -0.15) is 0 Å². The minimum Gasteiger partial charge on any atom is -0.293 e. The van der Waals surface area contributed by atoms with E-state index in [2.05, 4.69) is 15.9 Å². The summed E-state index contributed by atoms with van der Waals surface area (Å²) in [5.41, 5.74) is 1.23. The quantitative estimate of drug-likeness (QED) is 0.472. The van der Waals surface area contributed by atoms with E-state index in [-0.39, 0.29) is 11.6 Å². The molecule has 0 radical (unpaired) electrons. The highest BCUT2D eigenvalue weighted by Gasteiger charge is 2.37. The van der Waals surface area contributed by atoms with Gasteiger partial charge >= 0.3 is 0 Å². The highest BCUT2D eigenvalue weighted by molar-refractivity contribution is 9.09. The Kier molecular flexibility index (Phi) is 4.11. The lowest BCUT2D eigenvalue weighted by molar-refractivity contribution is 0.0829. The number of hydrogen-bond donors (Lipinski definition) is 0. The maximum Gasteiger partial charge on any atom is 0.174 e. The average Bonchev–Trinajstić information content (AvgIpc) is 2.60. The van der Waals surface area contributed by atoms with E-state index in [0.29, 0.717) is 17.5 Å². The van der Waals surface area contributed by atoms with Crippen LogP contribution in [0, 0.1) is 5.92 Å². The van der Waals surface area contributed by atoms with Crippen LogP contribution in [0.5, 0.6) is 0 Å². The Hall–Kier alpha value is -0.960. The third-order valence-corrected chi connectivity index (χ3v) is 3.78. The summed E-state index contributed by atoms with van der Waals surface area (Å²) in [6.45, 7) is 0. The summed E-state index contributed by atoms with van der Waals surface area (Å²) < 4.78 is 0. The van der Waals surface area contributed by atoms with Gasteiger partial charge < -0.3 is 0 Å². The first-order chi connectivity index (χ1) is 8.25. The van der Waals surface area contributed by atoms with Crippen LogP contribution in [0.25, 0.3) is 0 Å². The van der Waals surface area contributed by atoms with Gasteiger partial charge in [0.15, 0.2) is 11.6 Å². The topological polar surface area (TPSA) is 34.1 Å². The smallest absolute Gasteiger partial charge is 0.174 e. The zero-order valence-electron chi connectivity index (χ0n) is 9.62. The molecule has 0 heterocycles. The maximum atomic E-state index is 12.0. The van der Waals surface area contributed by atoms with Gasteiger partial charge in [-0.05, 0) is 12.8 Å². The monoisotopic (exact) mass is 294 g/mol. The van der Waals surface area contributed by atoms with Crippen LogP contribution in [0.1, 0.15) is 46.4 Å². The summed E-state index contributed by atoms with van der Waals surface area (Å²) in [5, 5.41) is 0.986. The van der Waals surface area contributed by atoms with Gasteiger partial charge in [-0.25, -0.2) is 0 Å². The van der Waals surface area contributed by atoms with Crippen molar-refractivity contribution in [3.05, 3.63) is 35.4 Å². The Morgan fingerprint density at radius 1 is 0.941 bits per heavy atom. The van der Waals surface area contributed by atoms with Gasteiger partial charge in [0.05, 0.1) is 5.92 Å². The molecule has 1 aromatic carbocycles. The molecule has 3 heteroatoms. The molecule has 0 unspecified atom stereocenters. The normalized spacial score (nSPS) is 15.4. The third-order valence-electron chi connectivity index (χ3n) is 3.22. The molecule has 0 bridgehead atoms. The number of ketones is 2. The largest absolute Gasteiger partial charge is 0.293 e. The predicted octanol–water partition coefficient (Wildman–Crippen LogP) is 3.64. The molecule has 2 nitrogen and oxygen atoms in total. The molecule has 17 heavy (non-hydrogen) atoms. The fourth-order valence-corrected chi connectivity index (χ4v) is 2.69. The van der Waals surface area contributed by atoms with Crippen molar-refractivity contribution in [3.8, 4) is 0 Å². The Labute approximate surface area is 110 Å². The lowest BCUT2D eigenvalue weighted by Crippen LogP contribution is -2.14. The van der Waals surface area contributed by atoms with Crippen LogP contribution in [0.3, 0.4) is 0 Å². The molecule has 0 atom stereocenters. The van der Waals surface area contributed by atoms with E-state index < -0.39 is 5.92 Å². The number of hydrogen-bond acceptors (Lipinski definition) is 2. The average molecular weight is 295 g/mol. The van der Waals surface area contributed by atoms with Gasteiger partial charge in [-0.3, -0.25) is 9.59 Å². The second kappa shape index (κ2) is 5.58. The molecule has 2 rings (SSSR count). The van der Waals surface area contributed by atoms with Crippen molar-refractivity contribution in [1.82, 2.24) is 0 Å². The minimum absolute atomic E-state index is 0.0180. The lowest BCUT2D eigenvalue weighted by Gasteiger charge is -2.05. The first-order valence-electron chi connectivity index (χ1n) is 5.99. The van der Waals surface area contributed by atoms with Gasteiger partial charge in [0.1, 0.15) is 0 Å². The first kappa shape index (κ1) is 12.5. The van der Waals surface area contributed by atoms with Gasteiger partial charge in [-0.1, -0.05) is 53.0 Å². The van der Waals surface area contributed by atoms with Gasteiger partial charge in [0.2, 0.25) is 0 Å². The molecule has 90 valence electrons. The molecule has 0 aromatic heterocycles. The van der Waals surface area contributed by atoms with Crippen LogP contribution in [0.4, 0.5) is 0 Å². The van der Waals surface area contributed by atoms with Crippen molar-refractivity contribution in [2.45, 2.75) is 25.7 Å². The molecule has 0 amide bonds. The maximum absolute atomic E-state index is 12.0. The van der Waals surface area contributed by atoms with Crippen LogP contribution >= 0.6 is 15.9 Å². The van der Waals surface area contributed by atoms with E-state index in [0.717, 1.165) is 24.6 Å². The van der Waals surface area contributed by atoms with Crippen LogP contribution in [-0.4, -0.2) is 16.9 Å². The van der Waals surface area contributed by atoms with Crippen LogP contribution in [0.15, 0.2) is 24.3 Å². The predicted molar refractivity (Wildman–Crippen MR) is 70.9 cm³/mol. The molecular formula is C14H15BrO2. The molecule has 0 spiro atoms. The molecule has 0 saturated carbocycles. The Bertz CT molecular complexity index is 405. The number of rotatable bonds is 5. The van der Waals surface area contributed by atoms with Crippen LogP contribution in [-0.2, 0) is 0 Å². The molecule has 0 saturated heterocycles. The number of unbranched alkanes of at least 4 members (excludes halogenated alkanes) is 2. The summed E-state index contributed by atoms with van der Waals surface area (Å²) in [7, 11) is 0. The Morgan fingerprint density at radius 3 is 2.06 bits per heavy atom. The van der Waals surface area contributed by atoms with Crippen LogP contribution < -0.4 is 0 Å². The lowest BCUT2D eigenvalue weighted by atomic mass is 9.96. The number of alkyl halides is 1. The van der Waals surface area contributed by atoms with Crippen LogP contribution in [0.2, 0.25) is 0 Å². The first-order valence-corrected chi connectivity index (χ1v) is 7.11. The molecule has 0 N–H and O–H groups in total. The Morgan fingerprint density at radius 2 is 1.53 bits per heavy atom. The third kappa shape index (κ3) is 2.49. The van der Waals surface area contributed by atoms with Crippen molar-refractivity contribution in [2.24, 2.45) is 5.92 Å². The second-order valence-electron chi connectivity index (χ2n) is 4.36. The van der Waals surface area contributed by atoms with Crippen molar-refractivity contribution in [1.29, 1.82) is 0 Å². The zero-order chi connectivity index (χ0) is 12.3.